The van der Waals surface area contributed by atoms with Gasteiger partial charge in [0.15, 0.2) is 12.2 Å². The molecule has 0 aromatic rings. The highest BCUT2D eigenvalue weighted by molar-refractivity contribution is 9.09. The third kappa shape index (κ3) is 7.14. The van der Waals surface area contributed by atoms with Gasteiger partial charge in [-0.2, -0.15) is 0 Å². The molecule has 12 nitrogen and oxygen atoms in total. The summed E-state index contributed by atoms with van der Waals surface area (Å²) >= 11 is 3.33. The van der Waals surface area contributed by atoms with Crippen molar-refractivity contribution < 1.29 is 52.4 Å². The Kier molecular flexibility index (Phi) is 10.5. The van der Waals surface area contributed by atoms with Gasteiger partial charge in [0.1, 0.15) is 12.7 Å². The van der Waals surface area contributed by atoms with Gasteiger partial charge in [0.25, 0.3) is 5.79 Å². The summed E-state index contributed by atoms with van der Waals surface area (Å²) in [5.41, 5.74) is 0. The molecule has 0 saturated carbocycles. The molecule has 0 spiro atoms. The number of hydrogen-bond donors (Lipinski definition) is 1. The van der Waals surface area contributed by atoms with Crippen LogP contribution >= 0.6 is 15.9 Å². The van der Waals surface area contributed by atoms with Gasteiger partial charge in [-0.15, -0.1) is 0 Å². The van der Waals surface area contributed by atoms with E-state index >= 15 is 0 Å². The van der Waals surface area contributed by atoms with E-state index in [9.17, 15) is 24.0 Å². The van der Waals surface area contributed by atoms with E-state index in [4.69, 9.17) is 28.4 Å². The Balaban J connectivity index is 3.52. The molecule has 0 unspecified atom stereocenters. The number of carbonyl (C=O) groups excluding carboxylic acids is 5. The lowest BCUT2D eigenvalue weighted by atomic mass is 9.90. The van der Waals surface area contributed by atoms with E-state index in [2.05, 4.69) is 21.2 Å². The predicted octanol–water partition coefficient (Wildman–Crippen LogP) is -0.0143. The molecule has 32 heavy (non-hydrogen) atoms. The smallest absolute Gasteiger partial charge is 0.367 e. The maximum Gasteiger partial charge on any atom is 0.367 e. The SMILES string of the molecule is COC(=O)[C@@]1(OC)O[C@@H]([C@@H](OC(C)=O)[C@@H](COC(C)=O)OC(C)=O)[C@H](NC(C)=O)C[C@H]1Br. The zero-order valence-corrected chi connectivity index (χ0v) is 20.3. The summed E-state index contributed by atoms with van der Waals surface area (Å²) in [6, 6.07) is -0.829. The van der Waals surface area contributed by atoms with Crippen LogP contribution < -0.4 is 5.32 Å². The molecule has 1 aliphatic rings. The monoisotopic (exact) mass is 525 g/mol. The van der Waals surface area contributed by atoms with Gasteiger partial charge in [-0.05, 0) is 6.42 Å². The summed E-state index contributed by atoms with van der Waals surface area (Å²) in [5.74, 6) is -5.50. The minimum Gasteiger partial charge on any atom is -0.465 e. The molecule has 0 bridgehead atoms. The standard InChI is InChI=1S/C19H28BrNO11/c1-9(22)21-13-7-15(20)19(28-6,18(26)27-5)32-16(13)17(31-12(4)25)14(30-11(3)24)8-29-10(2)23/h13-17H,7-8H2,1-6H3,(H,21,22)/t13-,14-,15-,16-,17+,19+/m1/s1. The lowest BCUT2D eigenvalue weighted by Crippen LogP contribution is -2.67. The van der Waals surface area contributed by atoms with Crippen molar-refractivity contribution in [2.75, 3.05) is 20.8 Å². The molecule has 1 aliphatic heterocycles. The van der Waals surface area contributed by atoms with Crippen molar-refractivity contribution in [3.63, 3.8) is 0 Å². The Morgan fingerprint density at radius 3 is 2.06 bits per heavy atom. The first kappa shape index (κ1) is 27.8. The molecule has 1 N–H and O–H groups in total. The van der Waals surface area contributed by atoms with Crippen molar-refractivity contribution in [2.45, 2.75) is 69.1 Å². The second-order valence-electron chi connectivity index (χ2n) is 6.98. The third-order valence-corrected chi connectivity index (χ3v) is 5.48. The van der Waals surface area contributed by atoms with Crippen LogP contribution in [-0.2, 0) is 52.4 Å². The normalized spacial score (nSPS) is 26.8. The first-order chi connectivity index (χ1) is 14.9. The minimum atomic E-state index is -1.98. The summed E-state index contributed by atoms with van der Waals surface area (Å²) in [6.07, 6.45) is -3.91. The lowest BCUT2D eigenvalue weighted by molar-refractivity contribution is -0.288. The van der Waals surface area contributed by atoms with Crippen LogP contribution in [0.3, 0.4) is 0 Å². The zero-order valence-electron chi connectivity index (χ0n) is 18.7. The molecule has 0 aromatic heterocycles. The predicted molar refractivity (Wildman–Crippen MR) is 109 cm³/mol. The fourth-order valence-electron chi connectivity index (χ4n) is 3.30. The average Bonchev–Trinajstić information content (AvgIpc) is 2.68. The van der Waals surface area contributed by atoms with E-state index < -0.39 is 71.4 Å². The van der Waals surface area contributed by atoms with E-state index in [0.29, 0.717) is 0 Å². The summed E-state index contributed by atoms with van der Waals surface area (Å²) in [4.78, 5) is 58.5. The largest absolute Gasteiger partial charge is 0.465 e. The van der Waals surface area contributed by atoms with E-state index in [-0.39, 0.29) is 6.42 Å². The second-order valence-corrected chi connectivity index (χ2v) is 8.09. The molecule has 1 rings (SSSR count). The van der Waals surface area contributed by atoms with Gasteiger partial charge in [-0.1, -0.05) is 15.9 Å². The van der Waals surface area contributed by atoms with E-state index in [1.807, 2.05) is 0 Å². The highest BCUT2D eigenvalue weighted by Crippen LogP contribution is 2.38. The van der Waals surface area contributed by atoms with Crippen LogP contribution in [0.5, 0.6) is 0 Å². The van der Waals surface area contributed by atoms with Gasteiger partial charge in [-0.25, -0.2) is 4.79 Å². The fourth-order valence-corrected chi connectivity index (χ4v) is 4.19. The molecule has 1 saturated heterocycles. The van der Waals surface area contributed by atoms with Crippen LogP contribution in [0, 0.1) is 0 Å². The zero-order chi connectivity index (χ0) is 24.6. The van der Waals surface area contributed by atoms with E-state index in [0.717, 1.165) is 27.9 Å². The van der Waals surface area contributed by atoms with Gasteiger partial charge < -0.3 is 33.7 Å². The van der Waals surface area contributed by atoms with Gasteiger partial charge in [0.2, 0.25) is 5.91 Å². The number of amides is 1. The molecule has 1 amide bonds. The Labute approximate surface area is 193 Å². The van der Waals surface area contributed by atoms with Crippen LogP contribution in [0.25, 0.3) is 0 Å². The molecule has 1 fully saturated rings. The summed E-state index contributed by atoms with van der Waals surface area (Å²) in [6.45, 7) is 4.15. The summed E-state index contributed by atoms with van der Waals surface area (Å²) in [7, 11) is 2.34. The molecular weight excluding hydrogens is 498 g/mol. The maximum absolute atomic E-state index is 12.6. The number of methoxy groups -OCH3 is 2. The van der Waals surface area contributed by atoms with Crippen molar-refractivity contribution in [1.29, 1.82) is 0 Å². The van der Waals surface area contributed by atoms with Gasteiger partial charge in [0, 0.05) is 34.8 Å². The van der Waals surface area contributed by atoms with Crippen LogP contribution in [0.2, 0.25) is 0 Å². The number of nitrogens with one attached hydrogen (secondary N) is 1. The highest BCUT2D eigenvalue weighted by atomic mass is 79.9. The Hall–Kier alpha value is -2.25. The van der Waals surface area contributed by atoms with Gasteiger partial charge in [0.05, 0.1) is 18.0 Å². The highest BCUT2D eigenvalue weighted by Gasteiger charge is 2.58. The molecule has 6 atom stereocenters. The number of halogens is 1. The second kappa shape index (κ2) is 12.1. The van der Waals surface area contributed by atoms with Crippen molar-refractivity contribution >= 4 is 45.7 Å². The number of alkyl halides is 1. The third-order valence-electron chi connectivity index (χ3n) is 4.50. The van der Waals surface area contributed by atoms with Crippen LogP contribution in [0.1, 0.15) is 34.1 Å². The van der Waals surface area contributed by atoms with Gasteiger partial charge >= 0.3 is 23.9 Å². The summed E-state index contributed by atoms with van der Waals surface area (Å²) in [5, 5.41) is 2.67. The molecule has 0 radical (unpaired) electrons. The minimum absolute atomic E-state index is 0.0747. The summed E-state index contributed by atoms with van der Waals surface area (Å²) < 4.78 is 31.7. The van der Waals surface area contributed by atoms with Gasteiger partial charge in [-0.3, -0.25) is 19.2 Å². The van der Waals surface area contributed by atoms with Crippen molar-refractivity contribution in [3.8, 4) is 0 Å². The molecule has 0 aromatic carbocycles. The van der Waals surface area contributed by atoms with Crippen LogP contribution in [0.4, 0.5) is 0 Å². The average molecular weight is 526 g/mol. The lowest BCUT2D eigenvalue weighted by Gasteiger charge is -2.47. The number of ether oxygens (including phenoxy) is 6. The first-order valence-corrected chi connectivity index (χ1v) is 10.5. The molecular formula is C19H28BrNO11. The van der Waals surface area contributed by atoms with E-state index in [1.54, 1.807) is 0 Å². The van der Waals surface area contributed by atoms with Crippen LogP contribution in [-0.4, -0.2) is 85.6 Å². The van der Waals surface area contributed by atoms with Crippen molar-refractivity contribution in [3.05, 3.63) is 0 Å². The molecule has 1 heterocycles. The fraction of sp³-hybridized carbons (Fsp3) is 0.737. The Morgan fingerprint density at radius 2 is 1.62 bits per heavy atom. The number of hydrogen-bond acceptors (Lipinski definition) is 11. The van der Waals surface area contributed by atoms with Crippen LogP contribution in [0.15, 0.2) is 0 Å². The molecule has 13 heteroatoms. The Morgan fingerprint density at radius 1 is 1.03 bits per heavy atom. The molecule has 0 aliphatic carbocycles. The van der Waals surface area contributed by atoms with Crippen molar-refractivity contribution in [2.24, 2.45) is 0 Å². The molecule has 182 valence electrons. The Bertz CT molecular complexity index is 730. The first-order valence-electron chi connectivity index (χ1n) is 9.58. The van der Waals surface area contributed by atoms with E-state index in [1.165, 1.54) is 14.0 Å². The maximum atomic E-state index is 12.6. The quantitative estimate of drug-likeness (QED) is 0.245. The topological polar surface area (TPSA) is 153 Å². The number of carbonyl (C=O) groups is 5. The number of rotatable bonds is 9. The van der Waals surface area contributed by atoms with Crippen molar-refractivity contribution in [1.82, 2.24) is 5.32 Å². The number of esters is 4.